The number of esters is 1. The van der Waals surface area contributed by atoms with Crippen molar-refractivity contribution in [2.75, 3.05) is 6.61 Å². The van der Waals surface area contributed by atoms with E-state index in [1.54, 1.807) is 12.1 Å². The fraction of sp³-hybridized carbons (Fsp3) is 0.111. The molecule has 0 unspecified atom stereocenters. The number of fused-ring (bicyclic) bond motifs is 2. The number of ether oxygens (including phenoxy) is 1. The summed E-state index contributed by atoms with van der Waals surface area (Å²) in [6.07, 6.45) is 0. The van der Waals surface area contributed by atoms with Gasteiger partial charge in [-0.1, -0.05) is 60.7 Å². The maximum Gasteiger partial charge on any atom is 0.328 e. The number of H-pyrrole nitrogens is 1. The molecule has 8 heteroatoms. The fourth-order valence-corrected chi connectivity index (χ4v) is 4.36. The lowest BCUT2D eigenvalue weighted by molar-refractivity contribution is -0.143. The van der Waals surface area contributed by atoms with Gasteiger partial charge in [0.25, 0.3) is 11.1 Å². The van der Waals surface area contributed by atoms with Crippen molar-refractivity contribution in [2.45, 2.75) is 6.54 Å². The third kappa shape index (κ3) is 3.95. The van der Waals surface area contributed by atoms with Crippen LogP contribution >= 0.6 is 0 Å². The van der Waals surface area contributed by atoms with E-state index in [4.69, 9.17) is 4.74 Å². The second kappa shape index (κ2) is 8.90. The zero-order valence-corrected chi connectivity index (χ0v) is 18.9. The number of Topliss-reactive ketones (excluding diaryl/α,β-unsaturated/α-hetero) is 1. The number of benzene rings is 3. The van der Waals surface area contributed by atoms with Crippen LogP contribution in [0.25, 0.3) is 32.9 Å². The Balaban J connectivity index is 1.42. The standard InChI is InChI=1S/C27H21N3O5/c1-29-21-14-8-7-13-20(21)24(25(29)17-9-3-2-4-10-17)22(31)16-35-23(32)15-30-27(34)19-12-6-5-11-18(19)26(33)28-30/h2-14H,15-16H2,1H3,(H,28,33). The first kappa shape index (κ1) is 22.1. The van der Waals surface area contributed by atoms with Gasteiger partial charge in [0, 0.05) is 18.0 Å². The summed E-state index contributed by atoms with van der Waals surface area (Å²) in [5, 5.41) is 3.58. The van der Waals surface area contributed by atoms with Crippen LogP contribution in [0.1, 0.15) is 10.4 Å². The van der Waals surface area contributed by atoms with Crippen LogP contribution in [0.2, 0.25) is 0 Å². The van der Waals surface area contributed by atoms with Gasteiger partial charge < -0.3 is 9.30 Å². The van der Waals surface area contributed by atoms with Crippen LogP contribution in [0.3, 0.4) is 0 Å². The molecule has 0 fully saturated rings. The van der Waals surface area contributed by atoms with Crippen LogP contribution in [0, 0.1) is 0 Å². The van der Waals surface area contributed by atoms with Crippen molar-refractivity contribution in [3.8, 4) is 11.3 Å². The van der Waals surface area contributed by atoms with E-state index < -0.39 is 30.2 Å². The molecule has 5 aromatic rings. The molecule has 8 nitrogen and oxygen atoms in total. The molecule has 2 aromatic heterocycles. The quantitative estimate of drug-likeness (QED) is 0.305. The molecule has 0 saturated carbocycles. The summed E-state index contributed by atoms with van der Waals surface area (Å²) in [6, 6.07) is 23.4. The lowest BCUT2D eigenvalue weighted by atomic mass is 10.0. The molecule has 5 rings (SSSR count). The highest BCUT2D eigenvalue weighted by Gasteiger charge is 2.23. The molecular weight excluding hydrogens is 446 g/mol. The summed E-state index contributed by atoms with van der Waals surface area (Å²) in [5.74, 6) is -1.18. The molecule has 0 amide bonds. The van der Waals surface area contributed by atoms with Gasteiger partial charge in [-0.05, 0) is 23.8 Å². The highest BCUT2D eigenvalue weighted by atomic mass is 16.5. The van der Waals surface area contributed by atoms with Crippen LogP contribution in [-0.2, 0) is 23.1 Å². The van der Waals surface area contributed by atoms with Crippen molar-refractivity contribution in [3.05, 3.63) is 105 Å². The summed E-state index contributed by atoms with van der Waals surface area (Å²) in [7, 11) is 1.88. The lowest BCUT2D eigenvalue weighted by Crippen LogP contribution is -2.33. The molecule has 0 radical (unpaired) electrons. The first-order valence-corrected chi connectivity index (χ1v) is 11.0. The van der Waals surface area contributed by atoms with Gasteiger partial charge in [0.15, 0.2) is 6.61 Å². The van der Waals surface area contributed by atoms with Gasteiger partial charge in [0.1, 0.15) is 6.54 Å². The highest BCUT2D eigenvalue weighted by Crippen LogP contribution is 2.33. The number of aromatic nitrogens is 3. The van der Waals surface area contributed by atoms with E-state index in [-0.39, 0.29) is 16.6 Å². The van der Waals surface area contributed by atoms with E-state index in [9.17, 15) is 19.2 Å². The van der Waals surface area contributed by atoms with Gasteiger partial charge in [0.2, 0.25) is 5.78 Å². The number of hydrogen-bond acceptors (Lipinski definition) is 5. The third-order valence-electron chi connectivity index (χ3n) is 5.97. The number of carbonyl (C=O) groups excluding carboxylic acids is 2. The third-order valence-corrected chi connectivity index (χ3v) is 5.97. The Bertz CT molecular complexity index is 1710. The summed E-state index contributed by atoms with van der Waals surface area (Å²) in [4.78, 5) is 50.7. The number of hydrogen-bond donors (Lipinski definition) is 1. The molecule has 3 aromatic carbocycles. The second-order valence-electron chi connectivity index (χ2n) is 8.13. The molecule has 0 aliphatic carbocycles. The van der Waals surface area contributed by atoms with Gasteiger partial charge in [0.05, 0.1) is 22.0 Å². The molecule has 0 spiro atoms. The Morgan fingerprint density at radius 1 is 0.829 bits per heavy atom. The van der Waals surface area contributed by atoms with E-state index in [0.29, 0.717) is 5.56 Å². The maximum absolute atomic E-state index is 13.3. The van der Waals surface area contributed by atoms with Gasteiger partial charge in [-0.3, -0.25) is 24.3 Å². The fourth-order valence-electron chi connectivity index (χ4n) is 4.36. The van der Waals surface area contributed by atoms with Gasteiger partial charge >= 0.3 is 5.97 Å². The number of aryl methyl sites for hydroxylation is 1. The first-order valence-electron chi connectivity index (χ1n) is 11.0. The maximum atomic E-state index is 13.3. The van der Waals surface area contributed by atoms with Gasteiger partial charge in [-0.25, -0.2) is 4.68 Å². The van der Waals surface area contributed by atoms with Crippen molar-refractivity contribution < 1.29 is 14.3 Å². The largest absolute Gasteiger partial charge is 0.456 e. The van der Waals surface area contributed by atoms with Crippen LogP contribution in [0.4, 0.5) is 0 Å². The SMILES string of the molecule is Cn1c(-c2ccccc2)c(C(=O)COC(=O)Cn2[nH]c(=O)c3ccccc3c2=O)c2ccccc21. The minimum atomic E-state index is -0.812. The molecule has 35 heavy (non-hydrogen) atoms. The first-order chi connectivity index (χ1) is 17.0. The second-order valence-corrected chi connectivity index (χ2v) is 8.13. The summed E-state index contributed by atoms with van der Waals surface area (Å²) < 4.78 is 8.08. The Labute approximate surface area is 199 Å². The van der Waals surface area contributed by atoms with E-state index in [2.05, 4.69) is 5.10 Å². The molecule has 2 heterocycles. The van der Waals surface area contributed by atoms with E-state index >= 15 is 0 Å². The Kier molecular flexibility index (Phi) is 5.62. The van der Waals surface area contributed by atoms with E-state index in [0.717, 1.165) is 26.8 Å². The van der Waals surface area contributed by atoms with Crippen molar-refractivity contribution in [1.82, 2.24) is 14.3 Å². The normalized spacial score (nSPS) is 11.1. The minimum absolute atomic E-state index is 0.198. The lowest BCUT2D eigenvalue weighted by Gasteiger charge is -2.10. The van der Waals surface area contributed by atoms with Crippen LogP contribution in [0.5, 0.6) is 0 Å². The highest BCUT2D eigenvalue weighted by molar-refractivity contribution is 6.14. The number of aromatic amines is 1. The number of rotatable bonds is 6. The van der Waals surface area contributed by atoms with Crippen molar-refractivity contribution in [1.29, 1.82) is 0 Å². The van der Waals surface area contributed by atoms with E-state index in [1.165, 1.54) is 12.1 Å². The van der Waals surface area contributed by atoms with Gasteiger partial charge in [-0.15, -0.1) is 0 Å². The zero-order valence-electron chi connectivity index (χ0n) is 18.9. The zero-order chi connectivity index (χ0) is 24.5. The molecule has 0 aliphatic rings. The number of carbonyl (C=O) groups is 2. The predicted octanol–water partition coefficient (Wildman–Crippen LogP) is 3.27. The Hall–Kier alpha value is -4.72. The van der Waals surface area contributed by atoms with Crippen molar-refractivity contribution >= 4 is 33.4 Å². The van der Waals surface area contributed by atoms with Crippen molar-refractivity contribution in [3.63, 3.8) is 0 Å². The Morgan fingerprint density at radius 2 is 1.46 bits per heavy atom. The average molecular weight is 467 g/mol. The molecule has 0 bridgehead atoms. The molecule has 0 saturated heterocycles. The molecular formula is C27H21N3O5. The molecule has 174 valence electrons. The van der Waals surface area contributed by atoms with Gasteiger partial charge in [-0.2, -0.15) is 0 Å². The molecule has 0 aliphatic heterocycles. The summed E-state index contributed by atoms with van der Waals surface area (Å²) in [6.45, 7) is -1.02. The molecule has 0 atom stereocenters. The number of nitrogens with zero attached hydrogens (tertiary/aromatic N) is 2. The summed E-state index contributed by atoms with van der Waals surface area (Å²) in [5.41, 5.74) is 1.90. The summed E-state index contributed by atoms with van der Waals surface area (Å²) >= 11 is 0. The Morgan fingerprint density at radius 3 is 2.20 bits per heavy atom. The number of nitrogens with one attached hydrogen (secondary N) is 1. The minimum Gasteiger partial charge on any atom is -0.456 e. The van der Waals surface area contributed by atoms with Crippen LogP contribution < -0.4 is 11.1 Å². The monoisotopic (exact) mass is 467 g/mol. The average Bonchev–Trinajstić information content (AvgIpc) is 3.18. The predicted molar refractivity (Wildman–Crippen MR) is 132 cm³/mol. The van der Waals surface area contributed by atoms with Crippen LogP contribution in [0.15, 0.2) is 88.5 Å². The molecule has 1 N–H and O–H groups in total. The van der Waals surface area contributed by atoms with Crippen LogP contribution in [-0.4, -0.2) is 32.7 Å². The topological polar surface area (TPSA) is 103 Å². The smallest absolute Gasteiger partial charge is 0.328 e. The number of ketones is 1. The van der Waals surface area contributed by atoms with E-state index in [1.807, 2.05) is 66.2 Å². The van der Waals surface area contributed by atoms with Crippen molar-refractivity contribution in [2.24, 2.45) is 7.05 Å². The number of para-hydroxylation sites is 1.